The molecule has 4 heteroatoms. The largest absolute Gasteiger partial charge is 0.463 e. The highest BCUT2D eigenvalue weighted by atomic mass is 16.5. The van der Waals surface area contributed by atoms with E-state index >= 15 is 0 Å². The number of aryl methyl sites for hydroxylation is 1. The van der Waals surface area contributed by atoms with Crippen molar-refractivity contribution in [1.82, 2.24) is 9.88 Å². The summed E-state index contributed by atoms with van der Waals surface area (Å²) in [5.41, 5.74) is 7.10. The molecule has 2 atom stereocenters. The molecule has 2 aliphatic heterocycles. The quantitative estimate of drug-likeness (QED) is 0.644. The zero-order valence-electron chi connectivity index (χ0n) is 16.9. The first-order valence-corrected chi connectivity index (χ1v) is 10.5. The van der Waals surface area contributed by atoms with Crippen molar-refractivity contribution in [1.29, 1.82) is 0 Å². The lowest BCUT2D eigenvalue weighted by Crippen LogP contribution is -2.37. The summed E-state index contributed by atoms with van der Waals surface area (Å²) in [5, 5.41) is 1.33. The lowest BCUT2D eigenvalue weighted by atomic mass is 9.80. The number of aromatic amines is 1. The molecule has 1 N–H and O–H groups in total. The maximum atomic E-state index is 12.8. The minimum atomic E-state index is -0.195. The second-order valence-corrected chi connectivity index (χ2v) is 8.07. The minimum absolute atomic E-state index is 0.0354. The molecule has 3 heterocycles. The number of H-pyrrole nitrogens is 1. The van der Waals surface area contributed by atoms with Crippen LogP contribution in [0.4, 0.5) is 0 Å². The molecule has 2 aromatic carbocycles. The molecule has 148 valence electrons. The summed E-state index contributed by atoms with van der Waals surface area (Å²) in [5.74, 6) is -0.160. The van der Waals surface area contributed by atoms with E-state index in [9.17, 15) is 4.79 Å². The lowest BCUT2D eigenvalue weighted by Gasteiger charge is -2.41. The highest BCUT2D eigenvalue weighted by Gasteiger charge is 2.38. The summed E-state index contributed by atoms with van der Waals surface area (Å²) in [6, 6.07) is 17.3. The van der Waals surface area contributed by atoms with E-state index in [4.69, 9.17) is 4.74 Å². The minimum Gasteiger partial charge on any atom is -0.463 e. The van der Waals surface area contributed by atoms with Crippen LogP contribution in [0, 0.1) is 6.92 Å². The van der Waals surface area contributed by atoms with E-state index < -0.39 is 0 Å². The van der Waals surface area contributed by atoms with E-state index in [1.54, 1.807) is 0 Å². The van der Waals surface area contributed by atoms with E-state index in [1.807, 2.05) is 6.92 Å². The summed E-state index contributed by atoms with van der Waals surface area (Å²) >= 11 is 0. The lowest BCUT2D eigenvalue weighted by molar-refractivity contribution is -0.139. The van der Waals surface area contributed by atoms with Crippen molar-refractivity contribution in [2.75, 3.05) is 13.2 Å². The van der Waals surface area contributed by atoms with E-state index in [1.165, 1.54) is 33.3 Å². The van der Waals surface area contributed by atoms with Gasteiger partial charge in [0.2, 0.25) is 0 Å². The third-order valence-electron chi connectivity index (χ3n) is 6.33. The Labute approximate surface area is 171 Å². The van der Waals surface area contributed by atoms with Gasteiger partial charge in [-0.3, -0.25) is 0 Å². The molecular weight excluding hydrogens is 360 g/mol. The predicted molar refractivity (Wildman–Crippen MR) is 115 cm³/mol. The van der Waals surface area contributed by atoms with Gasteiger partial charge in [-0.05, 0) is 43.9 Å². The van der Waals surface area contributed by atoms with Crippen LogP contribution in [0.25, 0.3) is 10.9 Å². The van der Waals surface area contributed by atoms with Crippen LogP contribution < -0.4 is 0 Å². The Bertz CT molecular complexity index is 1090. The first-order valence-electron chi connectivity index (χ1n) is 10.5. The number of ether oxygens (including phenoxy) is 1. The van der Waals surface area contributed by atoms with Crippen molar-refractivity contribution < 1.29 is 9.53 Å². The number of hydrogen-bond acceptors (Lipinski definition) is 3. The van der Waals surface area contributed by atoms with Gasteiger partial charge in [0.15, 0.2) is 0 Å². The fourth-order valence-electron chi connectivity index (χ4n) is 4.89. The molecular formula is C25H26N2O2. The van der Waals surface area contributed by atoms with Gasteiger partial charge in [0.05, 0.1) is 18.2 Å². The van der Waals surface area contributed by atoms with Crippen LogP contribution >= 0.6 is 0 Å². The maximum absolute atomic E-state index is 12.8. The standard InChI is InChI=1S/C25H26N2O2/c1-3-29-25(28)21-15-27-13-12-19-18-6-4-5-7-22(18)26-24(19)23(27)14-20(21)17-10-8-16(2)9-11-17/h4-11,15,20,23,26H,3,12-14H2,1-2H3/t20-,23-/m1/s1. The number of benzene rings is 2. The van der Waals surface area contributed by atoms with E-state index in [0.717, 1.165) is 25.0 Å². The van der Waals surface area contributed by atoms with Crippen LogP contribution in [0.15, 0.2) is 60.3 Å². The van der Waals surface area contributed by atoms with E-state index in [-0.39, 0.29) is 17.9 Å². The molecule has 0 amide bonds. The predicted octanol–water partition coefficient (Wildman–Crippen LogP) is 5.01. The van der Waals surface area contributed by atoms with Crippen LogP contribution in [0.1, 0.15) is 47.7 Å². The average molecular weight is 386 g/mol. The molecule has 0 unspecified atom stereocenters. The summed E-state index contributed by atoms with van der Waals surface area (Å²) in [4.78, 5) is 18.8. The second-order valence-electron chi connectivity index (χ2n) is 8.07. The fourth-order valence-corrected chi connectivity index (χ4v) is 4.89. The first-order chi connectivity index (χ1) is 14.2. The molecule has 5 rings (SSSR count). The summed E-state index contributed by atoms with van der Waals surface area (Å²) < 4.78 is 5.41. The summed E-state index contributed by atoms with van der Waals surface area (Å²) in [6.07, 6.45) is 3.91. The molecule has 2 aliphatic rings. The van der Waals surface area contributed by atoms with Gasteiger partial charge in [-0.2, -0.15) is 0 Å². The van der Waals surface area contributed by atoms with Gasteiger partial charge >= 0.3 is 5.97 Å². The van der Waals surface area contributed by atoms with Crippen molar-refractivity contribution >= 4 is 16.9 Å². The third-order valence-corrected chi connectivity index (χ3v) is 6.33. The molecule has 0 aliphatic carbocycles. The molecule has 0 fully saturated rings. The Balaban J connectivity index is 1.59. The SMILES string of the molecule is CCOC(=O)C1=CN2CCc3c([nH]c4ccccc34)[C@H]2C[C@@H]1c1ccc(C)cc1. The second kappa shape index (κ2) is 7.11. The number of esters is 1. The van der Waals surface area contributed by atoms with Crippen LogP contribution in [0.5, 0.6) is 0 Å². The Morgan fingerprint density at radius 3 is 2.76 bits per heavy atom. The number of carbonyl (C=O) groups is 1. The van der Waals surface area contributed by atoms with Gasteiger partial charge in [-0.1, -0.05) is 48.0 Å². The van der Waals surface area contributed by atoms with Gasteiger partial charge in [-0.25, -0.2) is 4.79 Å². The van der Waals surface area contributed by atoms with Gasteiger partial charge in [0, 0.05) is 35.3 Å². The highest BCUT2D eigenvalue weighted by molar-refractivity contribution is 5.91. The molecule has 0 saturated heterocycles. The summed E-state index contributed by atoms with van der Waals surface area (Å²) in [6.45, 7) is 5.27. The average Bonchev–Trinajstić information content (AvgIpc) is 3.13. The Kier molecular flexibility index (Phi) is 4.42. The van der Waals surface area contributed by atoms with Crippen molar-refractivity contribution in [3.63, 3.8) is 0 Å². The first kappa shape index (κ1) is 18.0. The van der Waals surface area contributed by atoms with Gasteiger partial charge in [0.1, 0.15) is 0 Å². The number of nitrogens with zero attached hydrogens (tertiary/aromatic N) is 1. The van der Waals surface area contributed by atoms with Crippen molar-refractivity contribution in [3.05, 3.63) is 82.7 Å². The van der Waals surface area contributed by atoms with Crippen LogP contribution in [-0.2, 0) is 16.0 Å². The zero-order chi connectivity index (χ0) is 20.0. The Hall–Kier alpha value is -3.01. The number of hydrogen-bond donors (Lipinski definition) is 1. The number of aromatic nitrogens is 1. The molecule has 4 nitrogen and oxygen atoms in total. The maximum Gasteiger partial charge on any atom is 0.336 e. The highest BCUT2D eigenvalue weighted by Crippen LogP contribution is 2.46. The van der Waals surface area contributed by atoms with Gasteiger partial charge < -0.3 is 14.6 Å². The zero-order valence-corrected chi connectivity index (χ0v) is 16.9. The number of nitrogens with one attached hydrogen (secondary N) is 1. The molecule has 3 aromatic rings. The Morgan fingerprint density at radius 2 is 1.97 bits per heavy atom. The fraction of sp³-hybridized carbons (Fsp3) is 0.320. The van der Waals surface area contributed by atoms with Crippen molar-refractivity contribution in [2.45, 2.75) is 38.6 Å². The van der Waals surface area contributed by atoms with Crippen LogP contribution in [-0.4, -0.2) is 29.0 Å². The van der Waals surface area contributed by atoms with Crippen LogP contribution in [0.2, 0.25) is 0 Å². The van der Waals surface area contributed by atoms with Crippen molar-refractivity contribution in [3.8, 4) is 0 Å². The number of carbonyl (C=O) groups excluding carboxylic acids is 1. The third kappa shape index (κ3) is 3.03. The van der Waals surface area contributed by atoms with Crippen LogP contribution in [0.3, 0.4) is 0 Å². The normalized spacial score (nSPS) is 20.8. The van der Waals surface area contributed by atoms with Crippen molar-refractivity contribution in [2.24, 2.45) is 0 Å². The topological polar surface area (TPSA) is 45.3 Å². The summed E-state index contributed by atoms with van der Waals surface area (Å²) in [7, 11) is 0. The smallest absolute Gasteiger partial charge is 0.336 e. The van der Waals surface area contributed by atoms with Gasteiger partial charge in [-0.15, -0.1) is 0 Å². The molecule has 0 bridgehead atoms. The Morgan fingerprint density at radius 1 is 1.17 bits per heavy atom. The van der Waals surface area contributed by atoms with Gasteiger partial charge in [0.25, 0.3) is 0 Å². The molecule has 29 heavy (non-hydrogen) atoms. The molecule has 1 aromatic heterocycles. The number of fused-ring (bicyclic) bond motifs is 5. The monoisotopic (exact) mass is 386 g/mol. The van der Waals surface area contributed by atoms with E-state index in [0.29, 0.717) is 6.61 Å². The van der Waals surface area contributed by atoms with E-state index in [2.05, 4.69) is 71.5 Å². The molecule has 0 radical (unpaired) electrons. The molecule has 0 saturated carbocycles. The molecule has 0 spiro atoms. The number of rotatable bonds is 3. The number of para-hydroxylation sites is 1.